The topological polar surface area (TPSA) is 25.4 Å². The van der Waals surface area contributed by atoms with E-state index >= 15 is 0 Å². The molecule has 0 N–H and O–H groups in total. The molecule has 1 aromatic carbocycles. The van der Waals surface area contributed by atoms with Crippen LogP contribution in [0.3, 0.4) is 0 Å². The maximum absolute atomic E-state index is 5.16. The smallest absolute Gasteiger partial charge is 0.128 e. The third kappa shape index (κ3) is 3.47. The van der Waals surface area contributed by atoms with Gasteiger partial charge in [0.05, 0.1) is 12.8 Å². The van der Waals surface area contributed by atoms with Crippen molar-refractivity contribution in [3.8, 4) is 5.75 Å². The summed E-state index contributed by atoms with van der Waals surface area (Å²) >= 11 is 3.47. The van der Waals surface area contributed by atoms with E-state index in [1.165, 1.54) is 5.56 Å². The fourth-order valence-electron chi connectivity index (χ4n) is 1.83. The molecule has 1 heterocycles. The summed E-state index contributed by atoms with van der Waals surface area (Å²) in [5.41, 5.74) is 2.23. The Morgan fingerprint density at radius 1 is 1.16 bits per heavy atom. The van der Waals surface area contributed by atoms with Gasteiger partial charge in [0.1, 0.15) is 11.6 Å². The normalized spacial score (nSPS) is 10.3. The van der Waals surface area contributed by atoms with Crippen molar-refractivity contribution in [3.63, 3.8) is 0 Å². The first-order chi connectivity index (χ1) is 9.10. The molecule has 3 nitrogen and oxygen atoms in total. The highest BCUT2D eigenvalue weighted by Gasteiger charge is 2.05. The molecular formula is C15H17BrN2O. The van der Waals surface area contributed by atoms with Crippen LogP contribution in [0.1, 0.15) is 11.3 Å². The predicted molar refractivity (Wildman–Crippen MR) is 81.8 cm³/mol. The third-order valence-electron chi connectivity index (χ3n) is 2.98. The van der Waals surface area contributed by atoms with E-state index in [1.54, 1.807) is 7.11 Å². The lowest BCUT2D eigenvalue weighted by Crippen LogP contribution is -2.17. The van der Waals surface area contributed by atoms with Gasteiger partial charge in [0.25, 0.3) is 0 Å². The van der Waals surface area contributed by atoms with E-state index in [9.17, 15) is 0 Å². The monoisotopic (exact) mass is 320 g/mol. The largest absolute Gasteiger partial charge is 0.497 e. The SMILES string of the molecule is COc1ccc(CN(C)c2ccc(Br)c(C)n2)cc1. The van der Waals surface area contributed by atoms with Gasteiger partial charge in [-0.2, -0.15) is 0 Å². The molecular weight excluding hydrogens is 304 g/mol. The van der Waals surface area contributed by atoms with Gasteiger partial charge in [0, 0.05) is 18.1 Å². The molecule has 0 aliphatic rings. The molecule has 4 heteroatoms. The number of nitrogens with zero attached hydrogens (tertiary/aromatic N) is 2. The zero-order chi connectivity index (χ0) is 13.8. The molecule has 0 saturated heterocycles. The molecule has 0 bridgehead atoms. The van der Waals surface area contributed by atoms with E-state index in [4.69, 9.17) is 4.74 Å². The zero-order valence-electron chi connectivity index (χ0n) is 11.4. The molecule has 2 aromatic rings. The van der Waals surface area contributed by atoms with Gasteiger partial charge < -0.3 is 9.64 Å². The Morgan fingerprint density at radius 2 is 1.84 bits per heavy atom. The Morgan fingerprint density at radius 3 is 2.42 bits per heavy atom. The first-order valence-corrected chi connectivity index (χ1v) is 6.86. The predicted octanol–water partition coefficient (Wildman–Crippen LogP) is 3.80. The zero-order valence-corrected chi connectivity index (χ0v) is 12.9. The van der Waals surface area contributed by atoms with Crippen LogP contribution in [0.2, 0.25) is 0 Å². The van der Waals surface area contributed by atoms with Crippen molar-refractivity contribution < 1.29 is 4.74 Å². The highest BCUT2D eigenvalue weighted by molar-refractivity contribution is 9.10. The number of anilines is 1. The number of pyridine rings is 1. The lowest BCUT2D eigenvalue weighted by Gasteiger charge is -2.19. The van der Waals surface area contributed by atoms with Crippen molar-refractivity contribution in [3.05, 3.63) is 52.1 Å². The van der Waals surface area contributed by atoms with Crippen LogP contribution >= 0.6 is 15.9 Å². The average Bonchev–Trinajstić information content (AvgIpc) is 2.42. The van der Waals surface area contributed by atoms with Gasteiger partial charge >= 0.3 is 0 Å². The van der Waals surface area contributed by atoms with Crippen LogP contribution < -0.4 is 9.64 Å². The van der Waals surface area contributed by atoms with Gasteiger partial charge in [-0.05, 0) is 52.7 Å². The van der Waals surface area contributed by atoms with E-state index in [1.807, 2.05) is 38.2 Å². The summed E-state index contributed by atoms with van der Waals surface area (Å²) in [6.45, 7) is 2.81. The summed E-state index contributed by atoms with van der Waals surface area (Å²) < 4.78 is 6.19. The molecule has 0 aliphatic carbocycles. The number of hydrogen-bond donors (Lipinski definition) is 0. The van der Waals surface area contributed by atoms with Crippen molar-refractivity contribution in [2.45, 2.75) is 13.5 Å². The fourth-order valence-corrected chi connectivity index (χ4v) is 2.05. The Labute approximate surface area is 122 Å². The molecule has 1 aromatic heterocycles. The van der Waals surface area contributed by atoms with Gasteiger partial charge in [-0.15, -0.1) is 0 Å². The van der Waals surface area contributed by atoms with Crippen LogP contribution in [0.5, 0.6) is 5.75 Å². The van der Waals surface area contributed by atoms with E-state index in [-0.39, 0.29) is 0 Å². The number of aromatic nitrogens is 1. The lowest BCUT2D eigenvalue weighted by molar-refractivity contribution is 0.414. The molecule has 2 rings (SSSR count). The van der Waals surface area contributed by atoms with E-state index in [2.05, 4.69) is 37.9 Å². The molecule has 0 spiro atoms. The van der Waals surface area contributed by atoms with Crippen LogP contribution in [-0.4, -0.2) is 19.1 Å². The lowest BCUT2D eigenvalue weighted by atomic mass is 10.2. The van der Waals surface area contributed by atoms with Crippen molar-refractivity contribution in [2.75, 3.05) is 19.1 Å². The summed E-state index contributed by atoms with van der Waals surface area (Å²) in [5.74, 6) is 1.85. The van der Waals surface area contributed by atoms with E-state index in [0.29, 0.717) is 0 Å². The Balaban J connectivity index is 2.10. The van der Waals surface area contributed by atoms with Crippen LogP contribution in [0.4, 0.5) is 5.82 Å². The van der Waals surface area contributed by atoms with Gasteiger partial charge in [0.2, 0.25) is 0 Å². The van der Waals surface area contributed by atoms with Gasteiger partial charge in [0.15, 0.2) is 0 Å². The molecule has 19 heavy (non-hydrogen) atoms. The highest BCUT2D eigenvalue weighted by Crippen LogP contribution is 2.20. The minimum absolute atomic E-state index is 0.818. The number of benzene rings is 1. The second-order valence-corrected chi connectivity index (χ2v) is 5.30. The molecule has 0 saturated carbocycles. The van der Waals surface area contributed by atoms with E-state index in [0.717, 1.165) is 28.3 Å². The molecule has 100 valence electrons. The maximum atomic E-state index is 5.16. The quantitative estimate of drug-likeness (QED) is 0.856. The number of methoxy groups -OCH3 is 1. The fraction of sp³-hybridized carbons (Fsp3) is 0.267. The summed E-state index contributed by atoms with van der Waals surface area (Å²) in [6.07, 6.45) is 0. The van der Waals surface area contributed by atoms with Gasteiger partial charge in [-0.1, -0.05) is 12.1 Å². The molecule has 0 fully saturated rings. The first kappa shape index (κ1) is 13.9. The molecule has 0 atom stereocenters. The summed E-state index contributed by atoms with van der Waals surface area (Å²) in [6, 6.07) is 12.1. The van der Waals surface area contributed by atoms with Crippen LogP contribution in [0.25, 0.3) is 0 Å². The molecule has 0 aliphatic heterocycles. The number of rotatable bonds is 4. The standard InChI is InChI=1S/C15H17BrN2O/c1-11-14(16)8-9-15(17-11)18(2)10-12-4-6-13(19-3)7-5-12/h4-9H,10H2,1-3H3. The van der Waals surface area contributed by atoms with Crippen molar-refractivity contribution in [2.24, 2.45) is 0 Å². The van der Waals surface area contributed by atoms with Crippen molar-refractivity contribution >= 4 is 21.7 Å². The van der Waals surface area contributed by atoms with Gasteiger partial charge in [-0.3, -0.25) is 0 Å². The highest BCUT2D eigenvalue weighted by atomic mass is 79.9. The van der Waals surface area contributed by atoms with Gasteiger partial charge in [-0.25, -0.2) is 4.98 Å². The number of ether oxygens (including phenoxy) is 1. The number of aryl methyl sites for hydroxylation is 1. The molecule has 0 amide bonds. The number of halogens is 1. The van der Waals surface area contributed by atoms with Crippen LogP contribution in [0.15, 0.2) is 40.9 Å². The summed E-state index contributed by atoms with van der Waals surface area (Å²) in [4.78, 5) is 6.68. The van der Waals surface area contributed by atoms with Crippen LogP contribution in [0, 0.1) is 6.92 Å². The summed E-state index contributed by atoms with van der Waals surface area (Å²) in [5, 5.41) is 0. The minimum atomic E-state index is 0.818. The Kier molecular flexibility index (Phi) is 4.43. The molecule has 0 radical (unpaired) electrons. The minimum Gasteiger partial charge on any atom is -0.497 e. The van der Waals surface area contributed by atoms with Crippen molar-refractivity contribution in [1.29, 1.82) is 0 Å². The Bertz CT molecular complexity index is 555. The van der Waals surface area contributed by atoms with Crippen molar-refractivity contribution in [1.82, 2.24) is 4.98 Å². The maximum Gasteiger partial charge on any atom is 0.128 e. The van der Waals surface area contributed by atoms with Crippen LogP contribution in [-0.2, 0) is 6.54 Å². The third-order valence-corrected chi connectivity index (χ3v) is 3.81. The summed E-state index contributed by atoms with van der Waals surface area (Å²) in [7, 11) is 3.72. The average molecular weight is 321 g/mol. The second-order valence-electron chi connectivity index (χ2n) is 4.44. The van der Waals surface area contributed by atoms with E-state index < -0.39 is 0 Å². The Hall–Kier alpha value is -1.55. The second kappa shape index (κ2) is 6.06. The number of hydrogen-bond acceptors (Lipinski definition) is 3. The molecule has 0 unspecified atom stereocenters. The first-order valence-electron chi connectivity index (χ1n) is 6.07.